The van der Waals surface area contributed by atoms with E-state index in [1.165, 1.54) is 6.21 Å². The molecule has 1 aromatic heterocycles. The Hall–Kier alpha value is -4.00. The van der Waals surface area contributed by atoms with Gasteiger partial charge in [0.25, 0.3) is 5.91 Å². The normalized spacial score (nSPS) is 10.6. The molecule has 152 valence electrons. The van der Waals surface area contributed by atoms with Crippen LogP contribution in [0.5, 0.6) is 11.5 Å². The second kappa shape index (κ2) is 9.97. The number of hydrogen-bond donors (Lipinski definition) is 1. The first-order valence-electron chi connectivity index (χ1n) is 9.23. The second-order valence-corrected chi connectivity index (χ2v) is 6.36. The fourth-order valence-corrected chi connectivity index (χ4v) is 2.80. The molecule has 7 heteroatoms. The van der Waals surface area contributed by atoms with Gasteiger partial charge in [-0.2, -0.15) is 9.67 Å². The number of methoxy groups -OCH3 is 2. The molecule has 3 rings (SSSR count). The molecule has 0 atom stereocenters. The quantitative estimate of drug-likeness (QED) is 0.271. The number of ketones is 1. The van der Waals surface area contributed by atoms with Crippen molar-refractivity contribution >= 4 is 17.9 Å². The van der Waals surface area contributed by atoms with E-state index in [9.17, 15) is 9.59 Å². The van der Waals surface area contributed by atoms with Crippen molar-refractivity contribution in [3.8, 4) is 11.5 Å². The summed E-state index contributed by atoms with van der Waals surface area (Å²) in [5, 5.41) is 4.00. The topological polar surface area (TPSA) is 80.9 Å². The van der Waals surface area contributed by atoms with Gasteiger partial charge >= 0.3 is 0 Å². The third-order valence-electron chi connectivity index (χ3n) is 4.35. The lowest BCUT2D eigenvalue weighted by Gasteiger charge is -2.06. The van der Waals surface area contributed by atoms with E-state index in [1.807, 2.05) is 18.2 Å². The molecule has 1 amide bonds. The van der Waals surface area contributed by atoms with Crippen LogP contribution in [0.1, 0.15) is 26.3 Å². The van der Waals surface area contributed by atoms with E-state index in [0.29, 0.717) is 28.2 Å². The van der Waals surface area contributed by atoms with Crippen LogP contribution in [-0.4, -0.2) is 32.1 Å². The third kappa shape index (κ3) is 5.29. The van der Waals surface area contributed by atoms with Crippen molar-refractivity contribution in [2.45, 2.75) is 6.54 Å². The molecule has 0 aliphatic heterocycles. The van der Waals surface area contributed by atoms with E-state index in [2.05, 4.69) is 10.5 Å². The van der Waals surface area contributed by atoms with Gasteiger partial charge in [-0.15, -0.1) is 0 Å². The zero-order chi connectivity index (χ0) is 21.3. The summed E-state index contributed by atoms with van der Waals surface area (Å²) in [5.74, 6) is 0.817. The molecule has 30 heavy (non-hydrogen) atoms. The number of carbonyl (C=O) groups is 2. The average molecular weight is 404 g/mol. The molecule has 7 nitrogen and oxygen atoms in total. The van der Waals surface area contributed by atoms with Crippen molar-refractivity contribution in [1.29, 1.82) is 0 Å². The van der Waals surface area contributed by atoms with Crippen LogP contribution >= 0.6 is 0 Å². The predicted molar refractivity (Wildman–Crippen MR) is 112 cm³/mol. The highest BCUT2D eigenvalue weighted by Gasteiger charge is 2.15. The first-order chi connectivity index (χ1) is 14.6. The number of pyridine rings is 1. The Kier molecular flexibility index (Phi) is 6.89. The fourth-order valence-electron chi connectivity index (χ4n) is 2.80. The Morgan fingerprint density at radius 1 is 1.00 bits per heavy atom. The summed E-state index contributed by atoms with van der Waals surface area (Å²) in [6.07, 6.45) is 4.83. The second-order valence-electron chi connectivity index (χ2n) is 6.36. The van der Waals surface area contributed by atoms with E-state index in [1.54, 1.807) is 73.6 Å². The molecule has 1 heterocycles. The van der Waals surface area contributed by atoms with Crippen molar-refractivity contribution in [3.63, 3.8) is 0 Å². The highest BCUT2D eigenvalue weighted by Crippen LogP contribution is 2.22. The molecule has 0 aliphatic carbocycles. The van der Waals surface area contributed by atoms with Crippen LogP contribution < -0.4 is 19.5 Å². The maximum absolute atomic E-state index is 12.4. The number of benzene rings is 2. The largest absolute Gasteiger partial charge is 0.497 e. The zero-order valence-corrected chi connectivity index (χ0v) is 16.7. The average Bonchev–Trinajstić information content (AvgIpc) is 2.79. The summed E-state index contributed by atoms with van der Waals surface area (Å²) < 4.78 is 12.1. The summed E-state index contributed by atoms with van der Waals surface area (Å²) in [6.45, 7) is 0.134. The van der Waals surface area contributed by atoms with E-state index < -0.39 is 5.91 Å². The van der Waals surface area contributed by atoms with Gasteiger partial charge in [-0.3, -0.25) is 9.59 Å². The lowest BCUT2D eigenvalue weighted by molar-refractivity contribution is -0.683. The molecule has 2 aromatic carbocycles. The molecule has 0 saturated carbocycles. The van der Waals surface area contributed by atoms with Crippen LogP contribution in [0.25, 0.3) is 0 Å². The molecule has 0 saturated heterocycles. The lowest BCUT2D eigenvalue weighted by atomic mass is 10.1. The molecule has 0 aliphatic rings. The minimum atomic E-state index is -0.394. The number of Topliss-reactive ketones (excluding diaryl/α,β-unsaturated/α-hetero) is 1. The Labute approximate surface area is 174 Å². The summed E-state index contributed by atoms with van der Waals surface area (Å²) in [5.41, 5.74) is 4.15. The molecule has 0 unspecified atom stereocenters. The Balaban J connectivity index is 1.67. The molecule has 1 N–H and O–H groups in total. The Bertz CT molecular complexity index is 1070. The van der Waals surface area contributed by atoms with Gasteiger partial charge < -0.3 is 9.47 Å². The van der Waals surface area contributed by atoms with Gasteiger partial charge in [0, 0.05) is 17.2 Å². The zero-order valence-electron chi connectivity index (χ0n) is 16.7. The van der Waals surface area contributed by atoms with Gasteiger partial charge in [0.2, 0.25) is 12.3 Å². The minimum absolute atomic E-state index is 0.0405. The van der Waals surface area contributed by atoms with Crippen LogP contribution in [0.15, 0.2) is 78.2 Å². The van der Waals surface area contributed by atoms with E-state index >= 15 is 0 Å². The van der Waals surface area contributed by atoms with E-state index in [-0.39, 0.29) is 12.3 Å². The van der Waals surface area contributed by atoms with Crippen LogP contribution in [0, 0.1) is 0 Å². The summed E-state index contributed by atoms with van der Waals surface area (Å²) in [7, 11) is 3.12. The number of ether oxygens (including phenoxy) is 2. The van der Waals surface area contributed by atoms with Crippen molar-refractivity contribution in [2.75, 3.05) is 14.2 Å². The first kappa shape index (κ1) is 20.7. The number of hydrazone groups is 1. The van der Waals surface area contributed by atoms with Gasteiger partial charge in [-0.1, -0.05) is 30.3 Å². The number of amides is 1. The summed E-state index contributed by atoms with van der Waals surface area (Å²) in [6, 6.07) is 17.7. The van der Waals surface area contributed by atoms with Gasteiger partial charge in [0.05, 0.1) is 20.4 Å². The number of rotatable bonds is 8. The van der Waals surface area contributed by atoms with Crippen LogP contribution in [0.2, 0.25) is 0 Å². The molecule has 3 aromatic rings. The number of aromatic nitrogens is 1. The lowest BCUT2D eigenvalue weighted by Crippen LogP contribution is -2.38. The molecule has 0 bridgehead atoms. The van der Waals surface area contributed by atoms with E-state index in [4.69, 9.17) is 9.47 Å². The standard InChI is InChI=1S/C23H21N3O4/c1-29-20-10-11-22(30-2)19(13-20)14-24-25-23(28)18-9-6-12-26(15-18)16-21(27)17-7-4-3-5-8-17/h3-15H,16H2,1-2H3/p+1/b24-14-. The minimum Gasteiger partial charge on any atom is -0.497 e. The monoisotopic (exact) mass is 404 g/mol. The SMILES string of the molecule is COc1ccc(OC)c(/C=N\NC(=O)c2ccc[n+](CC(=O)c3ccccc3)c2)c1. The van der Waals surface area contributed by atoms with Gasteiger partial charge in [0.1, 0.15) is 17.1 Å². The third-order valence-corrected chi connectivity index (χ3v) is 4.35. The number of nitrogens with one attached hydrogen (secondary N) is 1. The maximum Gasteiger partial charge on any atom is 0.277 e. The molecular weight excluding hydrogens is 382 g/mol. The summed E-state index contributed by atoms with van der Waals surface area (Å²) >= 11 is 0. The Morgan fingerprint density at radius 3 is 2.50 bits per heavy atom. The van der Waals surface area contributed by atoms with Gasteiger partial charge in [-0.05, 0) is 24.3 Å². The highest BCUT2D eigenvalue weighted by molar-refractivity contribution is 5.95. The molecular formula is C23H22N3O4+. The van der Waals surface area contributed by atoms with Gasteiger partial charge in [-0.25, -0.2) is 5.43 Å². The van der Waals surface area contributed by atoms with Crippen LogP contribution in [-0.2, 0) is 6.54 Å². The predicted octanol–water partition coefficient (Wildman–Crippen LogP) is 2.64. The number of hydrogen-bond acceptors (Lipinski definition) is 5. The first-order valence-corrected chi connectivity index (χ1v) is 9.23. The maximum atomic E-state index is 12.4. The summed E-state index contributed by atoms with van der Waals surface area (Å²) in [4.78, 5) is 24.8. The number of nitrogens with zero attached hydrogens (tertiary/aromatic N) is 2. The number of carbonyl (C=O) groups excluding carboxylic acids is 2. The van der Waals surface area contributed by atoms with Crippen molar-refractivity contribution in [3.05, 3.63) is 89.7 Å². The van der Waals surface area contributed by atoms with Crippen molar-refractivity contribution < 1.29 is 23.6 Å². The Morgan fingerprint density at radius 2 is 1.77 bits per heavy atom. The smallest absolute Gasteiger partial charge is 0.277 e. The molecule has 0 radical (unpaired) electrons. The molecule has 0 fully saturated rings. The van der Waals surface area contributed by atoms with Crippen molar-refractivity contribution in [2.24, 2.45) is 5.10 Å². The fraction of sp³-hybridized carbons (Fsp3) is 0.130. The van der Waals surface area contributed by atoms with Crippen LogP contribution in [0.3, 0.4) is 0 Å². The molecule has 0 spiro atoms. The van der Waals surface area contributed by atoms with E-state index in [0.717, 1.165) is 0 Å². The van der Waals surface area contributed by atoms with Crippen LogP contribution in [0.4, 0.5) is 0 Å². The van der Waals surface area contributed by atoms with Gasteiger partial charge in [0.15, 0.2) is 12.4 Å². The highest BCUT2D eigenvalue weighted by atomic mass is 16.5. The van der Waals surface area contributed by atoms with Crippen molar-refractivity contribution in [1.82, 2.24) is 5.43 Å².